The van der Waals surface area contributed by atoms with Gasteiger partial charge in [-0.05, 0) is 51.0 Å². The summed E-state index contributed by atoms with van der Waals surface area (Å²) in [7, 11) is 0. The Labute approximate surface area is 118 Å². The lowest BCUT2D eigenvalue weighted by molar-refractivity contribution is 0.341. The summed E-state index contributed by atoms with van der Waals surface area (Å²) >= 11 is 2.04. The summed E-state index contributed by atoms with van der Waals surface area (Å²) in [6.45, 7) is 8.57. The standard InChI is InChI=1S/C15H30N2S/c1-5-7-8-11-18-12-9-10-15(6-2,13-16)17-14(3)4/h14,17H,5-12H2,1-4H3. The van der Waals surface area contributed by atoms with E-state index in [0.717, 1.165) is 19.3 Å². The van der Waals surface area contributed by atoms with Gasteiger partial charge in [0.05, 0.1) is 6.07 Å². The molecule has 1 N–H and O–H groups in total. The molecule has 0 aliphatic heterocycles. The van der Waals surface area contributed by atoms with Gasteiger partial charge in [-0.15, -0.1) is 0 Å². The highest BCUT2D eigenvalue weighted by Crippen LogP contribution is 2.19. The molecule has 0 fully saturated rings. The first-order chi connectivity index (χ1) is 8.60. The number of nitrogens with zero attached hydrogens (tertiary/aromatic N) is 1. The molecule has 0 aromatic heterocycles. The van der Waals surface area contributed by atoms with Crippen molar-refractivity contribution in [1.82, 2.24) is 5.32 Å². The zero-order valence-electron chi connectivity index (χ0n) is 12.6. The van der Waals surface area contributed by atoms with Crippen LogP contribution in [0.4, 0.5) is 0 Å². The molecule has 0 spiro atoms. The van der Waals surface area contributed by atoms with Crippen molar-refractivity contribution in [2.24, 2.45) is 0 Å². The SMILES string of the molecule is CCCCCSCCCC(C#N)(CC)NC(C)C. The number of hydrogen-bond donors (Lipinski definition) is 1. The summed E-state index contributed by atoms with van der Waals surface area (Å²) in [6, 6.07) is 2.86. The van der Waals surface area contributed by atoms with Gasteiger partial charge in [-0.2, -0.15) is 17.0 Å². The van der Waals surface area contributed by atoms with Crippen molar-refractivity contribution in [3.8, 4) is 6.07 Å². The quantitative estimate of drug-likeness (QED) is 0.567. The van der Waals surface area contributed by atoms with Crippen LogP contribution < -0.4 is 5.32 Å². The molecule has 0 rings (SSSR count). The number of hydrogen-bond acceptors (Lipinski definition) is 3. The van der Waals surface area contributed by atoms with E-state index in [0.29, 0.717) is 6.04 Å². The van der Waals surface area contributed by atoms with Crippen LogP contribution in [0.1, 0.15) is 66.2 Å². The first kappa shape index (κ1) is 17.8. The molecule has 0 aliphatic carbocycles. The molecule has 1 unspecified atom stereocenters. The van der Waals surface area contributed by atoms with Crippen LogP contribution >= 0.6 is 11.8 Å². The maximum absolute atomic E-state index is 9.38. The lowest BCUT2D eigenvalue weighted by atomic mass is 9.91. The Balaban J connectivity index is 3.81. The third-order valence-corrected chi connectivity index (χ3v) is 4.32. The van der Waals surface area contributed by atoms with Crippen LogP contribution in [0.15, 0.2) is 0 Å². The fourth-order valence-electron chi connectivity index (χ4n) is 2.10. The Bertz CT molecular complexity index is 235. The van der Waals surface area contributed by atoms with Crippen LogP contribution in [0, 0.1) is 11.3 Å². The van der Waals surface area contributed by atoms with Gasteiger partial charge in [-0.3, -0.25) is 5.32 Å². The van der Waals surface area contributed by atoms with Gasteiger partial charge >= 0.3 is 0 Å². The lowest BCUT2D eigenvalue weighted by Crippen LogP contribution is -2.47. The molecule has 0 saturated carbocycles. The molecule has 1 atom stereocenters. The second kappa shape index (κ2) is 10.7. The molecule has 0 bridgehead atoms. The second-order valence-electron chi connectivity index (χ2n) is 5.27. The van der Waals surface area contributed by atoms with E-state index in [4.69, 9.17) is 0 Å². The van der Waals surface area contributed by atoms with E-state index >= 15 is 0 Å². The third kappa shape index (κ3) is 8.00. The molecule has 0 amide bonds. The van der Waals surface area contributed by atoms with E-state index in [2.05, 4.69) is 39.1 Å². The Morgan fingerprint density at radius 2 is 1.83 bits per heavy atom. The van der Waals surface area contributed by atoms with Gasteiger partial charge in [0.25, 0.3) is 0 Å². The van der Waals surface area contributed by atoms with Gasteiger partial charge < -0.3 is 0 Å². The molecule has 0 aliphatic rings. The Morgan fingerprint density at radius 1 is 1.17 bits per heavy atom. The molecule has 3 heteroatoms. The van der Waals surface area contributed by atoms with Crippen molar-refractivity contribution < 1.29 is 0 Å². The first-order valence-corrected chi connectivity index (χ1v) is 8.52. The highest BCUT2D eigenvalue weighted by Gasteiger charge is 2.27. The third-order valence-electron chi connectivity index (χ3n) is 3.17. The van der Waals surface area contributed by atoms with Crippen LogP contribution in [-0.2, 0) is 0 Å². The average molecular weight is 270 g/mol. The molecule has 2 nitrogen and oxygen atoms in total. The number of thioether (sulfide) groups is 1. The van der Waals surface area contributed by atoms with Gasteiger partial charge in [-0.25, -0.2) is 0 Å². The smallest absolute Gasteiger partial charge is 0.106 e. The van der Waals surface area contributed by atoms with Gasteiger partial charge in [0.1, 0.15) is 5.54 Å². The van der Waals surface area contributed by atoms with Crippen LogP contribution in [0.25, 0.3) is 0 Å². The molecular formula is C15H30N2S. The van der Waals surface area contributed by atoms with E-state index in [-0.39, 0.29) is 5.54 Å². The minimum Gasteiger partial charge on any atom is -0.297 e. The van der Waals surface area contributed by atoms with Crippen LogP contribution in [-0.4, -0.2) is 23.1 Å². The molecule has 0 radical (unpaired) electrons. The van der Waals surface area contributed by atoms with Gasteiger partial charge in [0.2, 0.25) is 0 Å². The van der Waals surface area contributed by atoms with Crippen LogP contribution in [0.5, 0.6) is 0 Å². The first-order valence-electron chi connectivity index (χ1n) is 7.37. The lowest BCUT2D eigenvalue weighted by Gasteiger charge is -2.29. The van der Waals surface area contributed by atoms with E-state index in [1.807, 2.05) is 11.8 Å². The zero-order valence-corrected chi connectivity index (χ0v) is 13.4. The highest BCUT2D eigenvalue weighted by molar-refractivity contribution is 7.99. The molecular weight excluding hydrogens is 240 g/mol. The predicted molar refractivity (Wildman–Crippen MR) is 83.0 cm³/mol. The van der Waals surface area contributed by atoms with E-state index in [1.165, 1.54) is 30.8 Å². The molecule has 0 saturated heterocycles. The number of unbranched alkanes of at least 4 members (excludes halogenated alkanes) is 2. The van der Waals surface area contributed by atoms with Crippen molar-refractivity contribution in [3.63, 3.8) is 0 Å². The molecule has 18 heavy (non-hydrogen) atoms. The zero-order chi connectivity index (χ0) is 13.9. The molecule has 0 aromatic rings. The second-order valence-corrected chi connectivity index (χ2v) is 6.49. The van der Waals surface area contributed by atoms with Crippen molar-refractivity contribution in [2.75, 3.05) is 11.5 Å². The van der Waals surface area contributed by atoms with Crippen molar-refractivity contribution in [1.29, 1.82) is 5.26 Å². The van der Waals surface area contributed by atoms with E-state index < -0.39 is 0 Å². The fraction of sp³-hybridized carbons (Fsp3) is 0.933. The topological polar surface area (TPSA) is 35.8 Å². The van der Waals surface area contributed by atoms with Crippen molar-refractivity contribution in [3.05, 3.63) is 0 Å². The number of nitriles is 1. The van der Waals surface area contributed by atoms with Gasteiger partial charge in [0.15, 0.2) is 0 Å². The summed E-state index contributed by atoms with van der Waals surface area (Å²) in [5, 5.41) is 12.8. The average Bonchev–Trinajstić information content (AvgIpc) is 2.36. The summed E-state index contributed by atoms with van der Waals surface area (Å²) in [6.07, 6.45) is 6.98. The Hall–Kier alpha value is -0.200. The van der Waals surface area contributed by atoms with Crippen LogP contribution in [0.2, 0.25) is 0 Å². The monoisotopic (exact) mass is 270 g/mol. The predicted octanol–water partition coefficient (Wildman–Crippen LogP) is 4.36. The van der Waals surface area contributed by atoms with Gasteiger partial charge in [0, 0.05) is 6.04 Å². The largest absolute Gasteiger partial charge is 0.297 e. The number of rotatable bonds is 11. The van der Waals surface area contributed by atoms with Crippen molar-refractivity contribution in [2.45, 2.75) is 77.8 Å². The van der Waals surface area contributed by atoms with Crippen LogP contribution in [0.3, 0.4) is 0 Å². The minimum atomic E-state index is -0.307. The van der Waals surface area contributed by atoms with E-state index in [1.54, 1.807) is 0 Å². The molecule has 0 heterocycles. The molecule has 106 valence electrons. The Kier molecular flexibility index (Phi) is 10.6. The van der Waals surface area contributed by atoms with Gasteiger partial charge in [-0.1, -0.05) is 26.7 Å². The van der Waals surface area contributed by atoms with Crippen molar-refractivity contribution >= 4 is 11.8 Å². The normalized spacial score (nSPS) is 14.4. The summed E-state index contributed by atoms with van der Waals surface area (Å²) in [4.78, 5) is 0. The maximum Gasteiger partial charge on any atom is 0.106 e. The minimum absolute atomic E-state index is 0.307. The fourth-order valence-corrected chi connectivity index (χ4v) is 3.06. The summed E-state index contributed by atoms with van der Waals surface area (Å²) in [5.74, 6) is 2.46. The van der Waals surface area contributed by atoms with E-state index in [9.17, 15) is 5.26 Å². The number of nitrogens with one attached hydrogen (secondary N) is 1. The maximum atomic E-state index is 9.38. The molecule has 0 aromatic carbocycles. The highest BCUT2D eigenvalue weighted by atomic mass is 32.2. The Morgan fingerprint density at radius 3 is 2.33 bits per heavy atom. The summed E-state index contributed by atoms with van der Waals surface area (Å²) < 4.78 is 0. The summed E-state index contributed by atoms with van der Waals surface area (Å²) in [5.41, 5.74) is -0.307.